The average molecular weight is 387 g/mol. The van der Waals surface area contributed by atoms with Gasteiger partial charge < -0.3 is 4.43 Å². The molecule has 0 unspecified atom stereocenters. The molecule has 0 aliphatic heterocycles. The van der Waals surface area contributed by atoms with Gasteiger partial charge in [-0.05, 0) is 56.4 Å². The van der Waals surface area contributed by atoms with Crippen LogP contribution in [-0.2, 0) is 14.3 Å². The van der Waals surface area contributed by atoms with Crippen molar-refractivity contribution in [3.05, 3.63) is 40.1 Å². The monoisotopic (exact) mass is 386 g/mol. The van der Waals surface area contributed by atoms with Crippen LogP contribution in [-0.4, -0.2) is 29.1 Å². The molecule has 0 aromatic heterocycles. The number of thioether (sulfide) groups is 1. The van der Waals surface area contributed by atoms with Crippen molar-refractivity contribution in [3.63, 3.8) is 0 Å². The van der Waals surface area contributed by atoms with E-state index in [1.54, 1.807) is 24.5 Å². The summed E-state index contributed by atoms with van der Waals surface area (Å²) in [5.41, 5.74) is 1.04. The fraction of sp³-hybridized carbons (Fsp3) is 0.556. The molecule has 0 amide bonds. The molecule has 1 aromatic rings. The van der Waals surface area contributed by atoms with Crippen LogP contribution in [0, 0.1) is 6.92 Å². The maximum absolute atomic E-state index is 12.8. The van der Waals surface area contributed by atoms with Crippen LogP contribution in [0.15, 0.2) is 39.5 Å². The van der Waals surface area contributed by atoms with Crippen molar-refractivity contribution in [1.82, 2.24) is 0 Å². The molecule has 0 radical (unpaired) electrons. The maximum Gasteiger partial charge on any atom is 0.212 e. The van der Waals surface area contributed by atoms with Gasteiger partial charge in [0.15, 0.2) is 8.32 Å². The second-order valence-electron chi connectivity index (χ2n) is 7.59. The normalized spacial score (nSPS) is 15.4. The van der Waals surface area contributed by atoms with Gasteiger partial charge in [0.25, 0.3) is 0 Å². The molecule has 1 rings (SSSR count). The molecule has 0 saturated heterocycles. The number of rotatable bonds is 6. The summed E-state index contributed by atoms with van der Waals surface area (Å²) in [5.74, 6) is 0. The van der Waals surface area contributed by atoms with E-state index in [0.717, 1.165) is 5.56 Å². The van der Waals surface area contributed by atoms with Crippen LogP contribution in [0.4, 0.5) is 0 Å². The van der Waals surface area contributed by atoms with Gasteiger partial charge in [-0.2, -0.15) is 0 Å². The zero-order valence-corrected chi connectivity index (χ0v) is 18.6. The molecule has 0 aliphatic carbocycles. The van der Waals surface area contributed by atoms with E-state index in [1.165, 1.54) is 11.8 Å². The van der Waals surface area contributed by atoms with Crippen molar-refractivity contribution >= 4 is 29.9 Å². The van der Waals surface area contributed by atoms with E-state index in [1.807, 2.05) is 26.0 Å². The van der Waals surface area contributed by atoms with Crippen molar-refractivity contribution in [2.24, 2.45) is 0 Å². The zero-order valence-electron chi connectivity index (χ0n) is 16.0. The van der Waals surface area contributed by atoms with Crippen molar-refractivity contribution in [1.29, 1.82) is 0 Å². The number of hydrogen-bond acceptors (Lipinski definition) is 4. The Balaban J connectivity index is 3.11. The molecule has 1 atom stereocenters. The molecule has 0 aliphatic rings. The van der Waals surface area contributed by atoms with Gasteiger partial charge in [-0.15, -0.1) is 11.8 Å². The fourth-order valence-electron chi connectivity index (χ4n) is 1.97. The smallest absolute Gasteiger partial charge is 0.212 e. The third-order valence-electron chi connectivity index (χ3n) is 4.45. The summed E-state index contributed by atoms with van der Waals surface area (Å²) >= 11 is 1.25. The van der Waals surface area contributed by atoms with Crippen molar-refractivity contribution < 1.29 is 12.8 Å². The quantitative estimate of drug-likeness (QED) is 0.615. The topological polar surface area (TPSA) is 43.4 Å². The van der Waals surface area contributed by atoms with Crippen LogP contribution >= 0.6 is 11.8 Å². The zero-order chi connectivity index (χ0) is 18.8. The molecule has 0 spiro atoms. The van der Waals surface area contributed by atoms with Gasteiger partial charge in [-0.3, -0.25) is 0 Å². The van der Waals surface area contributed by atoms with Crippen LogP contribution in [0.5, 0.6) is 0 Å². The first kappa shape index (κ1) is 21.5. The summed E-state index contributed by atoms with van der Waals surface area (Å²) in [6, 6.07) is 6.96. The van der Waals surface area contributed by atoms with Gasteiger partial charge in [-0.25, -0.2) is 8.42 Å². The van der Waals surface area contributed by atoms with Crippen LogP contribution < -0.4 is 0 Å². The second kappa shape index (κ2) is 7.77. The summed E-state index contributed by atoms with van der Waals surface area (Å²) in [4.78, 5) is 0.327. The Kier molecular flexibility index (Phi) is 6.95. The molecule has 136 valence electrons. The van der Waals surface area contributed by atoms with E-state index in [4.69, 9.17) is 4.43 Å². The first-order valence-electron chi connectivity index (χ1n) is 8.06. The molecule has 0 heterocycles. The molecule has 3 nitrogen and oxygen atoms in total. The van der Waals surface area contributed by atoms with Gasteiger partial charge in [0.2, 0.25) is 9.84 Å². The Morgan fingerprint density at radius 3 is 2.12 bits per heavy atom. The van der Waals surface area contributed by atoms with E-state index in [-0.39, 0.29) is 11.1 Å². The summed E-state index contributed by atoms with van der Waals surface area (Å²) in [6.45, 7) is 14.7. The maximum atomic E-state index is 12.8. The number of benzene rings is 1. The molecule has 0 saturated carbocycles. The van der Waals surface area contributed by atoms with E-state index in [2.05, 4.69) is 33.9 Å². The van der Waals surface area contributed by atoms with Crippen LogP contribution in [0.1, 0.15) is 33.3 Å². The third kappa shape index (κ3) is 5.21. The van der Waals surface area contributed by atoms with Gasteiger partial charge in [-0.1, -0.05) is 38.5 Å². The largest absolute Gasteiger partial charge is 0.411 e. The minimum absolute atomic E-state index is 0.0878. The average Bonchev–Trinajstić information content (AvgIpc) is 2.43. The Hall–Kier alpha value is -0.563. The van der Waals surface area contributed by atoms with Gasteiger partial charge in [0, 0.05) is 0 Å². The highest BCUT2D eigenvalue weighted by Gasteiger charge is 2.38. The highest BCUT2D eigenvalue weighted by atomic mass is 32.3. The third-order valence-corrected chi connectivity index (χ3v) is 12.3. The molecule has 0 bridgehead atoms. The van der Waals surface area contributed by atoms with E-state index < -0.39 is 18.2 Å². The lowest BCUT2D eigenvalue weighted by molar-refractivity contribution is 0.243. The summed E-state index contributed by atoms with van der Waals surface area (Å²) in [7, 11) is -5.44. The van der Waals surface area contributed by atoms with Gasteiger partial charge in [0.05, 0.1) is 11.0 Å². The van der Waals surface area contributed by atoms with Crippen molar-refractivity contribution in [2.45, 2.75) is 63.8 Å². The minimum atomic E-state index is -3.49. The molecule has 24 heavy (non-hydrogen) atoms. The van der Waals surface area contributed by atoms with Gasteiger partial charge in [0.1, 0.15) is 4.24 Å². The lowest BCUT2D eigenvalue weighted by atomic mass is 10.2. The highest BCUT2D eigenvalue weighted by Crippen LogP contribution is 2.38. The summed E-state index contributed by atoms with van der Waals surface area (Å²) < 4.78 is 32.3. The number of aryl methyl sites for hydroxylation is 1. The standard InChI is InChI=1S/C18H30O3S2Si/c1-14-9-11-16(12-10-14)23(19,20)17(22-6)13-15(2)21-24(7,8)18(3,4)5/h9-13,15H,1-8H3/b17-13+/t15-/m0/s1. The second-order valence-corrected chi connectivity index (χ2v) is 15.4. The van der Waals surface area contributed by atoms with Crippen LogP contribution in [0.3, 0.4) is 0 Å². The van der Waals surface area contributed by atoms with Gasteiger partial charge >= 0.3 is 0 Å². The first-order chi connectivity index (χ1) is 10.8. The lowest BCUT2D eigenvalue weighted by Gasteiger charge is -2.38. The van der Waals surface area contributed by atoms with E-state index >= 15 is 0 Å². The summed E-state index contributed by atoms with van der Waals surface area (Å²) in [6.07, 6.45) is 3.28. The van der Waals surface area contributed by atoms with Crippen LogP contribution in [0.2, 0.25) is 18.1 Å². The minimum Gasteiger partial charge on any atom is -0.411 e. The molecule has 1 aromatic carbocycles. The molecular weight excluding hydrogens is 356 g/mol. The van der Waals surface area contributed by atoms with E-state index in [0.29, 0.717) is 9.13 Å². The Morgan fingerprint density at radius 1 is 1.21 bits per heavy atom. The molecular formula is C18H30O3S2Si. The lowest BCUT2D eigenvalue weighted by Crippen LogP contribution is -2.43. The number of sulfone groups is 1. The predicted molar refractivity (Wildman–Crippen MR) is 108 cm³/mol. The first-order valence-corrected chi connectivity index (χ1v) is 13.7. The molecule has 0 N–H and O–H groups in total. The van der Waals surface area contributed by atoms with E-state index in [9.17, 15) is 8.42 Å². The Morgan fingerprint density at radius 2 is 1.71 bits per heavy atom. The molecule has 6 heteroatoms. The highest BCUT2D eigenvalue weighted by molar-refractivity contribution is 8.18. The van der Waals surface area contributed by atoms with Crippen molar-refractivity contribution in [3.8, 4) is 0 Å². The predicted octanol–water partition coefficient (Wildman–Crippen LogP) is 5.38. The fourth-order valence-corrected chi connectivity index (χ4v) is 5.91. The number of hydrogen-bond donors (Lipinski definition) is 0. The Labute approximate surface area is 152 Å². The van der Waals surface area contributed by atoms with Crippen LogP contribution in [0.25, 0.3) is 0 Å². The SMILES string of the molecule is CS/C(=C\[C@H](C)O[Si](C)(C)C(C)(C)C)S(=O)(=O)c1ccc(C)cc1. The van der Waals surface area contributed by atoms with Crippen molar-refractivity contribution in [2.75, 3.05) is 6.26 Å². The Bertz CT molecular complexity index is 684. The summed E-state index contributed by atoms with van der Waals surface area (Å²) in [5, 5.41) is 0.0878. The molecule has 0 fully saturated rings.